The van der Waals surface area contributed by atoms with Crippen molar-refractivity contribution in [2.75, 3.05) is 20.6 Å². The van der Waals surface area contributed by atoms with E-state index in [1.54, 1.807) is 19.9 Å². The Morgan fingerprint density at radius 3 is 2.17 bits per heavy atom. The molecule has 0 radical (unpaired) electrons. The summed E-state index contributed by atoms with van der Waals surface area (Å²) < 4.78 is 27.8. The molecule has 30 heavy (non-hydrogen) atoms. The third kappa shape index (κ3) is 5.77. The van der Waals surface area contributed by atoms with Gasteiger partial charge in [-0.2, -0.15) is 0 Å². The second-order valence-electron chi connectivity index (χ2n) is 7.54. The number of carbonyl (C=O) groups is 2. The van der Waals surface area contributed by atoms with Gasteiger partial charge < -0.3 is 15.5 Å². The molecular formula is C22H26ClF2N3O2. The van der Waals surface area contributed by atoms with Crippen LogP contribution in [-0.4, -0.2) is 43.4 Å². The molecule has 2 N–H and O–H groups in total. The molecule has 2 aromatic carbocycles. The highest BCUT2D eigenvalue weighted by atomic mass is 35.5. The van der Waals surface area contributed by atoms with Crippen LogP contribution in [0.5, 0.6) is 0 Å². The summed E-state index contributed by atoms with van der Waals surface area (Å²) in [6.45, 7) is 3.71. The fourth-order valence-electron chi connectivity index (χ4n) is 3.09. The Kier molecular flexibility index (Phi) is 8.32. The predicted molar refractivity (Wildman–Crippen MR) is 113 cm³/mol. The largest absolute Gasteiger partial charge is 0.352 e. The van der Waals surface area contributed by atoms with E-state index in [9.17, 15) is 18.4 Å². The van der Waals surface area contributed by atoms with Crippen molar-refractivity contribution in [3.63, 3.8) is 0 Å². The van der Waals surface area contributed by atoms with E-state index < -0.39 is 35.1 Å². The van der Waals surface area contributed by atoms with Crippen LogP contribution in [0.25, 0.3) is 0 Å². The molecule has 0 spiro atoms. The van der Waals surface area contributed by atoms with E-state index in [-0.39, 0.29) is 18.5 Å². The Morgan fingerprint density at radius 2 is 1.63 bits per heavy atom. The highest BCUT2D eigenvalue weighted by Crippen LogP contribution is 2.25. The number of halogens is 3. The summed E-state index contributed by atoms with van der Waals surface area (Å²) in [6, 6.07) is 9.33. The molecule has 2 aromatic rings. The van der Waals surface area contributed by atoms with Gasteiger partial charge in [-0.3, -0.25) is 9.59 Å². The first kappa shape index (κ1) is 23.8. The lowest BCUT2D eigenvalue weighted by molar-refractivity contribution is -0.124. The normalized spacial score (nSPS) is 13.2. The van der Waals surface area contributed by atoms with Gasteiger partial charge in [-0.25, -0.2) is 8.78 Å². The van der Waals surface area contributed by atoms with Gasteiger partial charge in [-0.15, -0.1) is 0 Å². The van der Waals surface area contributed by atoms with Crippen LogP contribution in [-0.2, 0) is 4.79 Å². The molecule has 8 heteroatoms. The van der Waals surface area contributed by atoms with Gasteiger partial charge in [0.05, 0.1) is 6.04 Å². The topological polar surface area (TPSA) is 61.4 Å². The molecule has 162 valence electrons. The number of carbonyl (C=O) groups excluding carboxylic acids is 2. The quantitative estimate of drug-likeness (QED) is 0.660. The van der Waals surface area contributed by atoms with Crippen LogP contribution >= 0.6 is 11.6 Å². The first-order chi connectivity index (χ1) is 14.1. The maximum Gasteiger partial charge on any atom is 0.257 e. The molecule has 0 aromatic heterocycles. The molecule has 0 heterocycles. The molecule has 2 amide bonds. The zero-order chi connectivity index (χ0) is 22.4. The molecule has 0 saturated carbocycles. The van der Waals surface area contributed by atoms with Crippen LogP contribution in [0, 0.1) is 17.6 Å². The van der Waals surface area contributed by atoms with Gasteiger partial charge in [0.25, 0.3) is 5.91 Å². The van der Waals surface area contributed by atoms with Crippen molar-refractivity contribution < 1.29 is 18.4 Å². The summed E-state index contributed by atoms with van der Waals surface area (Å²) in [5.41, 5.74) is 0.140. The predicted octanol–water partition coefficient (Wildman–Crippen LogP) is 3.79. The molecule has 0 bridgehead atoms. The van der Waals surface area contributed by atoms with Crippen molar-refractivity contribution >= 4 is 23.4 Å². The smallest absolute Gasteiger partial charge is 0.257 e. The Balaban J connectivity index is 2.13. The monoisotopic (exact) mass is 437 g/mol. The number of nitrogens with zero attached hydrogens (tertiary/aromatic N) is 1. The highest BCUT2D eigenvalue weighted by molar-refractivity contribution is 6.31. The number of rotatable bonds is 8. The second-order valence-corrected chi connectivity index (χ2v) is 7.95. The SMILES string of the molecule is CC(C)C(NC(=O)c1c(F)cccc1F)C(=O)NCC(c1ccccc1Cl)N(C)C. The Bertz CT molecular complexity index is 885. The highest BCUT2D eigenvalue weighted by Gasteiger charge is 2.28. The van der Waals surface area contributed by atoms with Crippen molar-refractivity contribution in [1.29, 1.82) is 0 Å². The summed E-state index contributed by atoms with van der Waals surface area (Å²) in [5.74, 6) is -3.70. The third-order valence-electron chi connectivity index (χ3n) is 4.78. The van der Waals surface area contributed by atoms with E-state index in [0.29, 0.717) is 5.02 Å². The van der Waals surface area contributed by atoms with Gasteiger partial charge in [-0.1, -0.05) is 49.7 Å². The van der Waals surface area contributed by atoms with Crippen LogP contribution < -0.4 is 10.6 Å². The molecule has 0 aliphatic carbocycles. The van der Waals surface area contributed by atoms with Crippen molar-refractivity contribution in [3.8, 4) is 0 Å². The minimum Gasteiger partial charge on any atom is -0.352 e. The van der Waals surface area contributed by atoms with Crippen molar-refractivity contribution in [2.24, 2.45) is 5.92 Å². The molecular weight excluding hydrogens is 412 g/mol. The maximum absolute atomic E-state index is 13.9. The van der Waals surface area contributed by atoms with Crippen molar-refractivity contribution in [1.82, 2.24) is 15.5 Å². The first-order valence-corrected chi connectivity index (χ1v) is 9.94. The Morgan fingerprint density at radius 1 is 1.03 bits per heavy atom. The average Bonchev–Trinajstić information content (AvgIpc) is 2.66. The van der Waals surface area contributed by atoms with E-state index in [0.717, 1.165) is 17.7 Å². The van der Waals surface area contributed by atoms with Crippen LogP contribution in [0.15, 0.2) is 42.5 Å². The molecule has 0 saturated heterocycles. The van der Waals surface area contributed by atoms with Crippen LogP contribution in [0.3, 0.4) is 0 Å². The van der Waals surface area contributed by atoms with Gasteiger partial charge in [0.2, 0.25) is 5.91 Å². The van der Waals surface area contributed by atoms with E-state index in [1.165, 1.54) is 6.07 Å². The minimum atomic E-state index is -0.984. The number of amides is 2. The Labute approximate surface area is 180 Å². The number of likely N-dealkylation sites (N-methyl/N-ethyl adjacent to an activating group) is 1. The van der Waals surface area contributed by atoms with Crippen molar-refractivity contribution in [2.45, 2.75) is 25.9 Å². The third-order valence-corrected chi connectivity index (χ3v) is 5.13. The van der Waals surface area contributed by atoms with Gasteiger partial charge >= 0.3 is 0 Å². The zero-order valence-electron chi connectivity index (χ0n) is 17.4. The number of hydrogen-bond acceptors (Lipinski definition) is 3. The Hall–Kier alpha value is -2.51. The summed E-state index contributed by atoms with van der Waals surface area (Å²) in [6.07, 6.45) is 0. The van der Waals surface area contributed by atoms with E-state index in [1.807, 2.05) is 37.2 Å². The molecule has 2 unspecified atom stereocenters. The van der Waals surface area contributed by atoms with Gasteiger partial charge in [0.15, 0.2) is 0 Å². The van der Waals surface area contributed by atoms with Crippen LogP contribution in [0.1, 0.15) is 35.8 Å². The molecule has 0 aliphatic heterocycles. The van der Waals surface area contributed by atoms with E-state index >= 15 is 0 Å². The number of hydrogen-bond donors (Lipinski definition) is 2. The molecule has 0 aliphatic rings. The maximum atomic E-state index is 13.9. The zero-order valence-corrected chi connectivity index (χ0v) is 18.1. The summed E-state index contributed by atoms with van der Waals surface area (Å²) >= 11 is 6.29. The van der Waals surface area contributed by atoms with Gasteiger partial charge in [0.1, 0.15) is 23.2 Å². The summed E-state index contributed by atoms with van der Waals surface area (Å²) in [4.78, 5) is 27.1. The number of nitrogens with one attached hydrogen (secondary N) is 2. The molecule has 5 nitrogen and oxygen atoms in total. The fourth-order valence-corrected chi connectivity index (χ4v) is 3.35. The van der Waals surface area contributed by atoms with Crippen LogP contribution in [0.2, 0.25) is 5.02 Å². The summed E-state index contributed by atoms with van der Waals surface area (Å²) in [7, 11) is 3.73. The summed E-state index contributed by atoms with van der Waals surface area (Å²) in [5, 5.41) is 5.84. The average molecular weight is 438 g/mol. The minimum absolute atomic E-state index is 0.199. The number of benzene rings is 2. The molecule has 2 rings (SSSR count). The van der Waals surface area contributed by atoms with E-state index in [4.69, 9.17) is 11.6 Å². The lowest BCUT2D eigenvalue weighted by Gasteiger charge is -2.28. The molecule has 0 fully saturated rings. The molecule has 2 atom stereocenters. The standard InChI is InChI=1S/C22H26ClF2N3O2/c1-13(2)20(27-21(29)19-16(24)10-7-11-17(19)25)22(30)26-12-18(28(3)4)14-8-5-6-9-15(14)23/h5-11,13,18,20H,12H2,1-4H3,(H,26,30)(H,27,29). The first-order valence-electron chi connectivity index (χ1n) is 9.57. The van der Waals surface area contributed by atoms with Gasteiger partial charge in [-0.05, 0) is 43.8 Å². The van der Waals surface area contributed by atoms with Crippen molar-refractivity contribution in [3.05, 3.63) is 70.2 Å². The van der Waals surface area contributed by atoms with Crippen LogP contribution in [0.4, 0.5) is 8.78 Å². The lowest BCUT2D eigenvalue weighted by Crippen LogP contribution is -2.51. The second kappa shape index (κ2) is 10.5. The fraction of sp³-hybridized carbons (Fsp3) is 0.364. The van der Waals surface area contributed by atoms with Gasteiger partial charge in [0, 0.05) is 11.6 Å². The lowest BCUT2D eigenvalue weighted by atomic mass is 10.0. The van der Waals surface area contributed by atoms with E-state index in [2.05, 4.69) is 10.6 Å².